The number of hydrogen-bond acceptors (Lipinski definition) is 6. The van der Waals surface area contributed by atoms with Gasteiger partial charge in [0.15, 0.2) is 0 Å². The molecule has 5 aromatic rings. The maximum absolute atomic E-state index is 11.9. The number of rotatable bonds is 4. The molecule has 0 aromatic heterocycles. The summed E-state index contributed by atoms with van der Waals surface area (Å²) in [6, 6.07) is 30.0. The summed E-state index contributed by atoms with van der Waals surface area (Å²) in [4.78, 5) is 54.9. The highest BCUT2D eigenvalue weighted by Gasteiger charge is 2.19. The number of carbonyl (C=O) groups is 5. The molecule has 0 bridgehead atoms. The van der Waals surface area contributed by atoms with Crippen molar-refractivity contribution in [2.45, 2.75) is 67.0 Å². The second-order valence-electron chi connectivity index (χ2n) is 14.1. The monoisotopic (exact) mass is 790 g/mol. The van der Waals surface area contributed by atoms with Crippen LogP contribution in [0.1, 0.15) is 81.1 Å². The van der Waals surface area contributed by atoms with Crippen molar-refractivity contribution >= 4 is 35.1 Å². The summed E-state index contributed by atoms with van der Waals surface area (Å²) in [5, 5.41) is 8.13. The van der Waals surface area contributed by atoms with E-state index >= 15 is 0 Å². The van der Waals surface area contributed by atoms with Gasteiger partial charge in [-0.25, -0.2) is 0 Å². The number of halogens is 2. The van der Waals surface area contributed by atoms with Gasteiger partial charge in [-0.3, -0.25) is 24.0 Å². The van der Waals surface area contributed by atoms with E-state index in [-0.39, 0.29) is 29.0 Å². The first kappa shape index (κ1) is 44.0. The second kappa shape index (κ2) is 20.5. The van der Waals surface area contributed by atoms with Crippen LogP contribution in [-0.2, 0) is 35.4 Å². The lowest BCUT2D eigenvalue weighted by molar-refractivity contribution is -0.117. The number of primary amides is 1. The molecule has 0 radical (unpaired) electrons. The van der Waals surface area contributed by atoms with Crippen molar-refractivity contribution < 1.29 is 37.5 Å². The normalized spacial score (nSPS) is 12.6. The fourth-order valence-corrected chi connectivity index (χ4v) is 6.23. The smallest absolute Gasteiger partial charge is 0.387 e. The highest BCUT2D eigenvalue weighted by molar-refractivity contribution is 5.99. The number of nitrogens with one attached hydrogen (secondary N) is 3. The van der Waals surface area contributed by atoms with Crippen molar-refractivity contribution in [2.24, 2.45) is 5.73 Å². The van der Waals surface area contributed by atoms with E-state index in [1.54, 1.807) is 26.1 Å². The van der Waals surface area contributed by atoms with Crippen LogP contribution in [0.15, 0.2) is 97.1 Å². The number of hydrogen-bond donors (Lipinski definition) is 4. The summed E-state index contributed by atoms with van der Waals surface area (Å²) in [6.45, 7) is 7.49. The van der Waals surface area contributed by atoms with Crippen molar-refractivity contribution in [3.05, 3.63) is 164 Å². The number of ketones is 1. The summed E-state index contributed by atoms with van der Waals surface area (Å²) >= 11 is 0. The molecule has 0 unspecified atom stereocenters. The third kappa shape index (κ3) is 12.9. The van der Waals surface area contributed by atoms with E-state index < -0.39 is 12.5 Å². The highest BCUT2D eigenvalue weighted by Crippen LogP contribution is 2.24. The molecule has 2 aliphatic heterocycles. The summed E-state index contributed by atoms with van der Waals surface area (Å²) in [5.41, 5.74) is 17.6. The molecule has 1 aliphatic carbocycles. The first-order chi connectivity index (χ1) is 27.5. The molecule has 5 N–H and O–H groups in total. The van der Waals surface area contributed by atoms with Crippen molar-refractivity contribution in [1.82, 2.24) is 10.6 Å². The number of amides is 4. The number of anilines is 1. The van der Waals surface area contributed by atoms with Gasteiger partial charge in [0.1, 0.15) is 11.5 Å². The van der Waals surface area contributed by atoms with Crippen molar-refractivity contribution in [1.29, 1.82) is 0 Å². The molecule has 3 aliphatic rings. The molecule has 0 spiro atoms. The zero-order chi connectivity index (χ0) is 42.5. The molecule has 0 saturated heterocycles. The maximum Gasteiger partial charge on any atom is 0.387 e. The van der Waals surface area contributed by atoms with Gasteiger partial charge in [-0.1, -0.05) is 88.5 Å². The maximum atomic E-state index is 11.9. The van der Waals surface area contributed by atoms with Crippen LogP contribution in [0.3, 0.4) is 0 Å². The molecule has 10 nitrogen and oxygen atoms in total. The summed E-state index contributed by atoms with van der Waals surface area (Å²) < 4.78 is 27.9. The number of aryl methyl sites for hydroxylation is 5. The largest absolute Gasteiger partial charge is 0.434 e. The average Bonchev–Trinajstić information content (AvgIpc) is 3.86. The quantitative estimate of drug-likeness (QED) is 0.148. The zero-order valence-corrected chi connectivity index (χ0v) is 33.4. The lowest BCUT2D eigenvalue weighted by Gasteiger charge is -2.08. The van der Waals surface area contributed by atoms with Crippen LogP contribution < -0.4 is 26.4 Å². The van der Waals surface area contributed by atoms with Gasteiger partial charge < -0.3 is 26.4 Å². The number of fused-ring (bicyclic) bond motifs is 3. The first-order valence-corrected chi connectivity index (χ1v) is 18.5. The van der Waals surface area contributed by atoms with Gasteiger partial charge in [0.2, 0.25) is 5.91 Å². The highest BCUT2D eigenvalue weighted by atomic mass is 19.3. The van der Waals surface area contributed by atoms with E-state index in [1.807, 2.05) is 75.4 Å². The van der Waals surface area contributed by atoms with Crippen LogP contribution in [0.2, 0.25) is 0 Å². The van der Waals surface area contributed by atoms with Gasteiger partial charge in [0.05, 0.1) is 12.0 Å². The van der Waals surface area contributed by atoms with E-state index in [2.05, 4.69) is 45.8 Å². The van der Waals surface area contributed by atoms with Gasteiger partial charge in [-0.05, 0) is 93.3 Å². The third-order valence-corrected chi connectivity index (χ3v) is 9.10. The van der Waals surface area contributed by atoms with Gasteiger partial charge in [-0.15, -0.1) is 0 Å². The standard InChI is InChI=1S/C10H10O.C9H9F2NO2.2C9H9NO.C9H11NO/c1-7-2-3-8-5-10(11)6-9(8)4-7;1-5-2-3-7(14-9(10)11)6(4-5)8(12)13;1-6-2-3-8-7(4-6)5-9(11)10-8;1-6-2-3-7-5-10-9(11)8(7)4-6;1-7-4-3-5-8(6-7)9(11)10-2/h2-4H,5-6H2,1H3;2-4,9H,1H3,(H2,12,13);2*2-4H,5H2,1H3,(H,10,11);3-6H,1-2H3,(H,10,11). The Balaban J connectivity index is 0.000000161. The summed E-state index contributed by atoms with van der Waals surface area (Å²) in [6.07, 6.45) is 1.84. The fraction of sp³-hybridized carbons (Fsp3) is 0.239. The Morgan fingerprint density at radius 2 is 1.28 bits per heavy atom. The summed E-state index contributed by atoms with van der Waals surface area (Å²) in [7, 11) is 1.63. The molecule has 0 saturated carbocycles. The Labute approximate surface area is 337 Å². The first-order valence-electron chi connectivity index (χ1n) is 18.5. The Morgan fingerprint density at radius 3 is 1.93 bits per heavy atom. The molecule has 0 atom stereocenters. The SMILES string of the molecule is CNC(=O)c1cccc(C)c1.Cc1ccc(OC(F)F)c(C(N)=O)c1.Cc1ccc2c(c1)C(=O)NC2.Cc1ccc2c(c1)CC(=O)C2.Cc1ccc2c(c1)CC(=O)N2. The molecule has 302 valence electrons. The molecule has 4 amide bonds. The van der Waals surface area contributed by atoms with E-state index in [0.29, 0.717) is 37.2 Å². The van der Waals surface area contributed by atoms with Crippen LogP contribution in [0.25, 0.3) is 0 Å². The van der Waals surface area contributed by atoms with Crippen molar-refractivity contribution in [3.8, 4) is 5.75 Å². The lowest BCUT2D eigenvalue weighted by atomic mass is 10.1. The van der Waals surface area contributed by atoms with Crippen LogP contribution in [-0.4, -0.2) is 43.1 Å². The summed E-state index contributed by atoms with van der Waals surface area (Å²) in [5.74, 6) is -0.504. The lowest BCUT2D eigenvalue weighted by Crippen LogP contribution is -2.17. The fourth-order valence-electron chi connectivity index (χ4n) is 6.23. The predicted molar refractivity (Wildman–Crippen MR) is 220 cm³/mol. The minimum Gasteiger partial charge on any atom is -0.434 e. The number of carbonyl (C=O) groups excluding carboxylic acids is 5. The second-order valence-corrected chi connectivity index (χ2v) is 14.1. The van der Waals surface area contributed by atoms with E-state index in [1.165, 1.54) is 34.4 Å². The van der Waals surface area contributed by atoms with Crippen LogP contribution in [0.5, 0.6) is 5.75 Å². The van der Waals surface area contributed by atoms with Crippen LogP contribution >= 0.6 is 0 Å². The van der Waals surface area contributed by atoms with E-state index in [9.17, 15) is 32.8 Å². The molecule has 2 heterocycles. The Hall–Kier alpha value is -6.69. The van der Waals surface area contributed by atoms with Crippen LogP contribution in [0, 0.1) is 34.6 Å². The number of Topliss-reactive ketones (excluding diaryl/α,β-unsaturated/α-hetero) is 1. The zero-order valence-electron chi connectivity index (χ0n) is 33.4. The number of nitrogens with two attached hydrogens (primary N) is 1. The number of benzene rings is 5. The molecule has 58 heavy (non-hydrogen) atoms. The van der Waals surface area contributed by atoms with Crippen molar-refractivity contribution in [2.75, 3.05) is 12.4 Å². The molecule has 12 heteroatoms. The minimum atomic E-state index is -2.96. The van der Waals surface area contributed by atoms with Crippen molar-refractivity contribution in [3.63, 3.8) is 0 Å². The topological polar surface area (TPSA) is 157 Å². The number of alkyl halides is 2. The molecule has 5 aromatic carbocycles. The molecule has 8 rings (SSSR count). The predicted octanol–water partition coefficient (Wildman–Crippen LogP) is 7.44. The van der Waals surface area contributed by atoms with Gasteiger partial charge in [0.25, 0.3) is 17.7 Å². The van der Waals surface area contributed by atoms with E-state index in [0.717, 1.165) is 39.1 Å². The Kier molecular flexibility index (Phi) is 15.5. The Bertz CT molecular complexity index is 2260. The van der Waals surface area contributed by atoms with E-state index in [4.69, 9.17) is 5.73 Å². The molecular weight excluding hydrogens is 743 g/mol. The van der Waals surface area contributed by atoms with Gasteiger partial charge >= 0.3 is 6.61 Å². The van der Waals surface area contributed by atoms with Gasteiger partial charge in [0, 0.05) is 43.2 Å². The number of ether oxygens (including phenoxy) is 1. The molecule has 0 fully saturated rings. The minimum absolute atomic E-state index is 0.0336. The third-order valence-electron chi connectivity index (χ3n) is 9.10. The Morgan fingerprint density at radius 1 is 0.690 bits per heavy atom. The van der Waals surface area contributed by atoms with Gasteiger partial charge in [-0.2, -0.15) is 8.78 Å². The van der Waals surface area contributed by atoms with Crippen LogP contribution in [0.4, 0.5) is 14.5 Å². The average molecular weight is 791 g/mol. The molecular formula is C46H48F2N4O6.